The molecule has 2 atom stereocenters. The Bertz CT molecular complexity index is 903. The van der Waals surface area contributed by atoms with Crippen molar-refractivity contribution in [2.75, 3.05) is 17.4 Å². The maximum absolute atomic E-state index is 12.3. The first-order chi connectivity index (χ1) is 12.5. The molecule has 134 valence electrons. The minimum atomic E-state index is -0.363. The predicted molar refractivity (Wildman–Crippen MR) is 97.9 cm³/mol. The lowest BCUT2D eigenvalue weighted by Gasteiger charge is -2.07. The number of fused-ring (bicyclic) bond motifs is 1. The van der Waals surface area contributed by atoms with Crippen molar-refractivity contribution < 1.29 is 19.1 Å². The summed E-state index contributed by atoms with van der Waals surface area (Å²) in [5.41, 5.74) is 1.15. The Kier molecular flexibility index (Phi) is 4.38. The monoisotopic (exact) mass is 392 g/mol. The van der Waals surface area contributed by atoms with E-state index in [4.69, 9.17) is 32.7 Å². The molecule has 2 aromatic carbocycles. The highest BCUT2D eigenvalue weighted by Crippen LogP contribution is 2.41. The van der Waals surface area contributed by atoms with Crippen LogP contribution in [0.3, 0.4) is 0 Å². The van der Waals surface area contributed by atoms with Crippen LogP contribution in [0.15, 0.2) is 36.4 Å². The lowest BCUT2D eigenvalue weighted by atomic mass is 10.2. The lowest BCUT2D eigenvalue weighted by molar-refractivity contribution is -0.122. The van der Waals surface area contributed by atoms with Gasteiger partial charge in [0.2, 0.25) is 18.6 Å². The van der Waals surface area contributed by atoms with Crippen LogP contribution >= 0.6 is 23.2 Å². The van der Waals surface area contributed by atoms with Gasteiger partial charge in [-0.1, -0.05) is 23.2 Å². The van der Waals surface area contributed by atoms with E-state index in [0.29, 0.717) is 39.3 Å². The Labute approximate surface area is 159 Å². The quantitative estimate of drug-likeness (QED) is 0.825. The Balaban J connectivity index is 1.34. The Morgan fingerprint density at radius 1 is 0.846 bits per heavy atom. The van der Waals surface area contributed by atoms with Crippen molar-refractivity contribution >= 4 is 46.4 Å². The van der Waals surface area contributed by atoms with Crippen molar-refractivity contribution in [2.45, 2.75) is 6.42 Å². The molecule has 2 unspecified atom stereocenters. The summed E-state index contributed by atoms with van der Waals surface area (Å²) in [4.78, 5) is 24.6. The van der Waals surface area contributed by atoms with Crippen LogP contribution in [0.4, 0.5) is 11.4 Å². The number of ether oxygens (including phenoxy) is 2. The summed E-state index contributed by atoms with van der Waals surface area (Å²) >= 11 is 11.8. The van der Waals surface area contributed by atoms with E-state index in [2.05, 4.69) is 10.6 Å². The fraction of sp³-hybridized carbons (Fsp3) is 0.222. The summed E-state index contributed by atoms with van der Waals surface area (Å²) in [6, 6.07) is 10.0. The lowest BCUT2D eigenvalue weighted by Crippen LogP contribution is -2.20. The van der Waals surface area contributed by atoms with Gasteiger partial charge in [0, 0.05) is 17.4 Å². The molecule has 8 heteroatoms. The molecule has 6 nitrogen and oxygen atoms in total. The number of hydrogen-bond acceptors (Lipinski definition) is 4. The van der Waals surface area contributed by atoms with Crippen molar-refractivity contribution in [1.29, 1.82) is 0 Å². The highest BCUT2D eigenvalue weighted by molar-refractivity contribution is 6.42. The predicted octanol–water partition coefficient (Wildman–Crippen LogP) is 3.94. The van der Waals surface area contributed by atoms with Crippen molar-refractivity contribution in [2.24, 2.45) is 11.8 Å². The zero-order chi connectivity index (χ0) is 18.3. The first-order valence-corrected chi connectivity index (χ1v) is 8.73. The van der Waals surface area contributed by atoms with Crippen LogP contribution in [0.2, 0.25) is 10.0 Å². The van der Waals surface area contributed by atoms with Gasteiger partial charge in [-0.15, -0.1) is 0 Å². The molecule has 26 heavy (non-hydrogen) atoms. The zero-order valence-corrected chi connectivity index (χ0v) is 14.9. The average Bonchev–Trinajstić information content (AvgIpc) is 3.29. The molecule has 2 aliphatic rings. The number of halogens is 2. The molecule has 1 fully saturated rings. The van der Waals surface area contributed by atoms with E-state index in [1.807, 2.05) is 0 Å². The summed E-state index contributed by atoms with van der Waals surface area (Å²) in [6.07, 6.45) is 0.504. The van der Waals surface area contributed by atoms with Crippen LogP contribution in [0.25, 0.3) is 0 Å². The largest absolute Gasteiger partial charge is 0.454 e. The first kappa shape index (κ1) is 17.0. The van der Waals surface area contributed by atoms with Crippen LogP contribution in [-0.2, 0) is 9.59 Å². The Hall–Kier alpha value is -2.44. The SMILES string of the molecule is O=C(Nc1ccc(Cl)c(Cl)c1)C1CC1C(=O)Nc1ccc2c(c1)OCO2. The van der Waals surface area contributed by atoms with Gasteiger partial charge in [0.05, 0.1) is 21.9 Å². The summed E-state index contributed by atoms with van der Waals surface area (Å²) in [6.45, 7) is 0.173. The molecule has 2 aromatic rings. The second-order valence-electron chi connectivity index (χ2n) is 6.12. The van der Waals surface area contributed by atoms with E-state index >= 15 is 0 Å². The van der Waals surface area contributed by atoms with Crippen LogP contribution in [0.5, 0.6) is 11.5 Å². The molecule has 2 amide bonds. The fourth-order valence-corrected chi connectivity index (χ4v) is 3.09. The van der Waals surface area contributed by atoms with E-state index in [0.717, 1.165) is 0 Å². The third kappa shape index (κ3) is 3.43. The number of anilines is 2. The van der Waals surface area contributed by atoms with Crippen LogP contribution in [0, 0.1) is 11.8 Å². The number of nitrogens with one attached hydrogen (secondary N) is 2. The number of hydrogen-bond donors (Lipinski definition) is 2. The molecule has 0 spiro atoms. The highest BCUT2D eigenvalue weighted by atomic mass is 35.5. The third-order valence-corrected chi connectivity index (χ3v) is 5.03. The van der Waals surface area contributed by atoms with Gasteiger partial charge in [0.25, 0.3) is 0 Å². The van der Waals surface area contributed by atoms with E-state index < -0.39 is 0 Å². The van der Waals surface area contributed by atoms with Crippen LogP contribution in [-0.4, -0.2) is 18.6 Å². The smallest absolute Gasteiger partial charge is 0.231 e. The summed E-state index contributed by atoms with van der Waals surface area (Å²) in [5.74, 6) is 0.106. The van der Waals surface area contributed by atoms with Gasteiger partial charge in [-0.25, -0.2) is 0 Å². The fourth-order valence-electron chi connectivity index (χ4n) is 2.79. The van der Waals surface area contributed by atoms with Gasteiger partial charge in [-0.05, 0) is 36.8 Å². The van der Waals surface area contributed by atoms with Gasteiger partial charge < -0.3 is 20.1 Å². The molecular weight excluding hydrogens is 379 g/mol. The Morgan fingerprint density at radius 3 is 2.15 bits per heavy atom. The highest BCUT2D eigenvalue weighted by Gasteiger charge is 2.48. The molecule has 1 aliphatic carbocycles. The van der Waals surface area contributed by atoms with Crippen molar-refractivity contribution in [3.05, 3.63) is 46.4 Å². The van der Waals surface area contributed by atoms with Gasteiger partial charge >= 0.3 is 0 Å². The van der Waals surface area contributed by atoms with E-state index in [1.54, 1.807) is 36.4 Å². The topological polar surface area (TPSA) is 76.7 Å². The second kappa shape index (κ2) is 6.70. The molecule has 4 rings (SSSR count). The van der Waals surface area contributed by atoms with Crippen LogP contribution < -0.4 is 20.1 Å². The third-order valence-electron chi connectivity index (χ3n) is 4.29. The Morgan fingerprint density at radius 2 is 1.46 bits per heavy atom. The molecule has 0 aromatic heterocycles. The number of amides is 2. The number of benzene rings is 2. The normalized spacial score (nSPS) is 19.8. The minimum absolute atomic E-state index is 0.173. The summed E-state index contributed by atoms with van der Waals surface area (Å²) in [5, 5.41) is 6.33. The van der Waals surface area contributed by atoms with Gasteiger partial charge in [-0.2, -0.15) is 0 Å². The maximum atomic E-state index is 12.3. The average molecular weight is 393 g/mol. The van der Waals surface area contributed by atoms with Crippen molar-refractivity contribution in [3.63, 3.8) is 0 Å². The van der Waals surface area contributed by atoms with E-state index in [-0.39, 0.29) is 30.4 Å². The van der Waals surface area contributed by atoms with Gasteiger partial charge in [0.1, 0.15) is 0 Å². The molecule has 0 bridgehead atoms. The maximum Gasteiger partial charge on any atom is 0.231 e. The van der Waals surface area contributed by atoms with Gasteiger partial charge in [0.15, 0.2) is 11.5 Å². The number of rotatable bonds is 4. The number of carbonyl (C=O) groups is 2. The molecule has 1 saturated carbocycles. The van der Waals surface area contributed by atoms with Crippen molar-refractivity contribution in [1.82, 2.24) is 0 Å². The molecule has 2 N–H and O–H groups in total. The second-order valence-corrected chi connectivity index (χ2v) is 6.94. The molecule has 0 radical (unpaired) electrons. The van der Waals surface area contributed by atoms with Gasteiger partial charge in [-0.3, -0.25) is 9.59 Å². The van der Waals surface area contributed by atoms with E-state index in [1.165, 1.54) is 0 Å². The molecular formula is C18H14Cl2N2O4. The number of carbonyl (C=O) groups excluding carboxylic acids is 2. The zero-order valence-electron chi connectivity index (χ0n) is 13.4. The minimum Gasteiger partial charge on any atom is -0.454 e. The molecule has 1 aliphatic heterocycles. The van der Waals surface area contributed by atoms with Crippen LogP contribution in [0.1, 0.15) is 6.42 Å². The first-order valence-electron chi connectivity index (χ1n) is 7.98. The molecule has 1 heterocycles. The summed E-state index contributed by atoms with van der Waals surface area (Å²) in [7, 11) is 0. The standard InChI is InChI=1S/C18H14Cl2N2O4/c19-13-3-1-9(5-14(13)20)21-17(23)11-7-12(11)18(24)22-10-2-4-15-16(6-10)26-8-25-15/h1-6,11-12H,7-8H2,(H,21,23)(H,22,24). The van der Waals surface area contributed by atoms with E-state index in [9.17, 15) is 9.59 Å². The van der Waals surface area contributed by atoms with Crippen molar-refractivity contribution in [3.8, 4) is 11.5 Å². The summed E-state index contributed by atoms with van der Waals surface area (Å²) < 4.78 is 10.5. The molecule has 0 saturated heterocycles.